The summed E-state index contributed by atoms with van der Waals surface area (Å²) in [6, 6.07) is 8.09. The summed E-state index contributed by atoms with van der Waals surface area (Å²) in [7, 11) is 1.65. The Morgan fingerprint density at radius 1 is 1.35 bits per heavy atom. The number of thiazole rings is 1. The Morgan fingerprint density at radius 2 is 2.09 bits per heavy atom. The zero-order valence-corrected chi connectivity index (χ0v) is 15.2. The number of nitrogens with one attached hydrogen (secondary N) is 1. The van der Waals surface area contributed by atoms with Crippen molar-refractivity contribution in [3.05, 3.63) is 29.3 Å². The molecule has 0 radical (unpaired) electrons. The summed E-state index contributed by atoms with van der Waals surface area (Å²) in [6.07, 6.45) is 0. The first kappa shape index (κ1) is 17.7. The van der Waals surface area contributed by atoms with Crippen molar-refractivity contribution in [3.8, 4) is 0 Å². The molecule has 0 aliphatic rings. The summed E-state index contributed by atoms with van der Waals surface area (Å²) in [5, 5.41) is 3.80. The fourth-order valence-electron chi connectivity index (χ4n) is 1.99. The SMILES string of the molecule is CC(C)NC(=O)CN(C)C(=O)CSCc1nc2ccccc2s1. The Hall–Kier alpha value is -1.60. The number of amides is 2. The lowest BCUT2D eigenvalue weighted by Gasteiger charge is -2.17. The number of benzene rings is 1. The molecular formula is C16H21N3O2S2. The lowest BCUT2D eigenvalue weighted by Crippen LogP contribution is -2.41. The van der Waals surface area contributed by atoms with Crippen LogP contribution in [0.1, 0.15) is 18.9 Å². The van der Waals surface area contributed by atoms with Crippen molar-refractivity contribution < 1.29 is 9.59 Å². The number of carbonyl (C=O) groups is 2. The van der Waals surface area contributed by atoms with E-state index in [0.717, 1.165) is 15.2 Å². The van der Waals surface area contributed by atoms with Gasteiger partial charge in [0, 0.05) is 18.8 Å². The third-order valence-electron chi connectivity index (χ3n) is 3.05. The minimum atomic E-state index is -0.132. The fraction of sp³-hybridized carbons (Fsp3) is 0.438. The number of fused-ring (bicyclic) bond motifs is 1. The second-order valence-corrected chi connectivity index (χ2v) is 7.64. The molecule has 23 heavy (non-hydrogen) atoms. The molecule has 1 aromatic carbocycles. The topological polar surface area (TPSA) is 62.3 Å². The summed E-state index contributed by atoms with van der Waals surface area (Å²) < 4.78 is 1.16. The van der Waals surface area contributed by atoms with Crippen LogP contribution in [-0.2, 0) is 15.3 Å². The molecule has 0 saturated carbocycles. The molecule has 0 unspecified atom stereocenters. The summed E-state index contributed by atoms with van der Waals surface area (Å²) in [5.41, 5.74) is 1.00. The Morgan fingerprint density at radius 3 is 2.78 bits per heavy atom. The predicted molar refractivity (Wildman–Crippen MR) is 96.7 cm³/mol. The maximum atomic E-state index is 12.0. The molecule has 124 valence electrons. The highest BCUT2D eigenvalue weighted by molar-refractivity contribution is 7.99. The minimum Gasteiger partial charge on any atom is -0.352 e. The predicted octanol–water partition coefficient (Wildman–Crippen LogP) is 2.51. The van der Waals surface area contributed by atoms with Gasteiger partial charge in [-0.25, -0.2) is 4.98 Å². The van der Waals surface area contributed by atoms with Crippen LogP contribution in [0.5, 0.6) is 0 Å². The Kier molecular flexibility index (Phi) is 6.41. The summed E-state index contributed by atoms with van der Waals surface area (Å²) in [4.78, 5) is 29.7. The molecule has 0 fully saturated rings. The van der Waals surface area contributed by atoms with E-state index in [9.17, 15) is 9.59 Å². The molecule has 7 heteroatoms. The molecule has 0 saturated heterocycles. The molecule has 0 atom stereocenters. The first-order valence-electron chi connectivity index (χ1n) is 7.41. The average molecular weight is 351 g/mol. The van der Waals surface area contributed by atoms with Crippen molar-refractivity contribution in [2.24, 2.45) is 0 Å². The highest BCUT2D eigenvalue weighted by atomic mass is 32.2. The number of rotatable bonds is 7. The monoisotopic (exact) mass is 351 g/mol. The number of hydrogen-bond acceptors (Lipinski definition) is 5. The van der Waals surface area contributed by atoms with Gasteiger partial charge in [-0.2, -0.15) is 0 Å². The van der Waals surface area contributed by atoms with Crippen molar-refractivity contribution >= 4 is 45.1 Å². The van der Waals surface area contributed by atoms with Gasteiger partial charge in [0.1, 0.15) is 5.01 Å². The van der Waals surface area contributed by atoms with Crippen molar-refractivity contribution in [1.29, 1.82) is 0 Å². The third-order valence-corrected chi connectivity index (χ3v) is 5.19. The standard InChI is InChI=1S/C16H21N3O2S2/c1-11(2)17-14(20)8-19(3)16(21)10-22-9-15-18-12-6-4-5-7-13(12)23-15/h4-7,11H,8-10H2,1-3H3,(H,17,20). The molecule has 2 rings (SSSR count). The lowest BCUT2D eigenvalue weighted by molar-refractivity contribution is -0.132. The second-order valence-electron chi connectivity index (χ2n) is 5.54. The van der Waals surface area contributed by atoms with E-state index in [4.69, 9.17) is 0 Å². The van der Waals surface area contributed by atoms with Gasteiger partial charge in [0.05, 0.1) is 22.5 Å². The van der Waals surface area contributed by atoms with E-state index in [1.807, 2.05) is 38.1 Å². The number of hydrogen-bond donors (Lipinski definition) is 1. The fourth-order valence-corrected chi connectivity index (χ4v) is 3.97. The second kappa shape index (κ2) is 8.31. The van der Waals surface area contributed by atoms with Gasteiger partial charge in [0.25, 0.3) is 0 Å². The number of thioether (sulfide) groups is 1. The average Bonchev–Trinajstić information content (AvgIpc) is 2.88. The van der Waals surface area contributed by atoms with Gasteiger partial charge in [0.15, 0.2) is 0 Å². The van der Waals surface area contributed by atoms with Crippen LogP contribution < -0.4 is 5.32 Å². The van der Waals surface area contributed by atoms with Crippen molar-refractivity contribution in [2.45, 2.75) is 25.6 Å². The maximum absolute atomic E-state index is 12.0. The number of aromatic nitrogens is 1. The molecular weight excluding hydrogens is 330 g/mol. The molecule has 0 aliphatic heterocycles. The molecule has 2 amide bonds. The van der Waals surface area contributed by atoms with E-state index >= 15 is 0 Å². The first-order chi connectivity index (χ1) is 11.0. The minimum absolute atomic E-state index is 0.0463. The number of likely N-dealkylation sites (N-methyl/N-ethyl adjacent to an activating group) is 1. The van der Waals surface area contributed by atoms with Crippen LogP contribution in [0.4, 0.5) is 0 Å². The van der Waals surface area contributed by atoms with E-state index in [2.05, 4.69) is 10.3 Å². The first-order valence-corrected chi connectivity index (χ1v) is 9.38. The van der Waals surface area contributed by atoms with Gasteiger partial charge in [-0.1, -0.05) is 12.1 Å². The van der Waals surface area contributed by atoms with Crippen LogP contribution >= 0.6 is 23.1 Å². The Bertz CT molecular complexity index is 652. The normalized spacial score (nSPS) is 11.0. The molecule has 0 aliphatic carbocycles. The van der Waals surface area contributed by atoms with E-state index in [-0.39, 0.29) is 24.4 Å². The zero-order chi connectivity index (χ0) is 16.8. The number of nitrogens with zero attached hydrogens (tertiary/aromatic N) is 2. The van der Waals surface area contributed by atoms with Crippen LogP contribution in [-0.4, -0.2) is 47.1 Å². The Labute approximate surface area is 144 Å². The summed E-state index contributed by atoms with van der Waals surface area (Å²) in [6.45, 7) is 3.89. The van der Waals surface area contributed by atoms with E-state index in [1.54, 1.807) is 18.4 Å². The molecule has 0 bridgehead atoms. The largest absolute Gasteiger partial charge is 0.352 e. The quantitative estimate of drug-likeness (QED) is 0.833. The highest BCUT2D eigenvalue weighted by Crippen LogP contribution is 2.24. The van der Waals surface area contributed by atoms with E-state index in [0.29, 0.717) is 11.5 Å². The van der Waals surface area contributed by atoms with E-state index < -0.39 is 0 Å². The van der Waals surface area contributed by atoms with Crippen molar-refractivity contribution in [3.63, 3.8) is 0 Å². The van der Waals surface area contributed by atoms with Gasteiger partial charge < -0.3 is 10.2 Å². The number of para-hydroxylation sites is 1. The summed E-state index contributed by atoms with van der Waals surface area (Å²) in [5.74, 6) is 0.875. The molecule has 0 spiro atoms. The van der Waals surface area contributed by atoms with Gasteiger partial charge in [-0.15, -0.1) is 23.1 Å². The maximum Gasteiger partial charge on any atom is 0.239 e. The molecule has 1 aromatic heterocycles. The van der Waals surface area contributed by atoms with E-state index in [1.165, 1.54) is 16.7 Å². The van der Waals surface area contributed by atoms with Crippen LogP contribution in [0.25, 0.3) is 10.2 Å². The van der Waals surface area contributed by atoms with Crippen LogP contribution in [0.15, 0.2) is 24.3 Å². The summed E-state index contributed by atoms with van der Waals surface area (Å²) >= 11 is 3.18. The van der Waals surface area contributed by atoms with Gasteiger partial charge >= 0.3 is 0 Å². The van der Waals surface area contributed by atoms with Crippen molar-refractivity contribution in [1.82, 2.24) is 15.2 Å². The number of carbonyl (C=O) groups excluding carboxylic acids is 2. The zero-order valence-electron chi connectivity index (χ0n) is 13.5. The molecule has 5 nitrogen and oxygen atoms in total. The molecule has 1 N–H and O–H groups in total. The molecule has 2 aromatic rings. The van der Waals surface area contributed by atoms with Crippen LogP contribution in [0, 0.1) is 0 Å². The smallest absolute Gasteiger partial charge is 0.239 e. The van der Waals surface area contributed by atoms with Gasteiger partial charge in [0.2, 0.25) is 11.8 Å². The van der Waals surface area contributed by atoms with Gasteiger partial charge in [-0.05, 0) is 26.0 Å². The molecule has 1 heterocycles. The van der Waals surface area contributed by atoms with Crippen molar-refractivity contribution in [2.75, 3.05) is 19.3 Å². The Balaban J connectivity index is 1.76. The van der Waals surface area contributed by atoms with Gasteiger partial charge in [-0.3, -0.25) is 9.59 Å². The third kappa shape index (κ3) is 5.51. The van der Waals surface area contributed by atoms with Crippen LogP contribution in [0.2, 0.25) is 0 Å². The lowest BCUT2D eigenvalue weighted by atomic mass is 10.3. The highest BCUT2D eigenvalue weighted by Gasteiger charge is 2.14. The van der Waals surface area contributed by atoms with Crippen LogP contribution in [0.3, 0.4) is 0 Å².